The first-order chi connectivity index (χ1) is 8.91. The Morgan fingerprint density at radius 2 is 2.05 bits per heavy atom. The first-order valence-corrected chi connectivity index (χ1v) is 6.38. The number of nitrogens with one attached hydrogen (secondary N) is 2. The van der Waals surface area contributed by atoms with E-state index in [0.29, 0.717) is 10.7 Å². The van der Waals surface area contributed by atoms with E-state index in [1.165, 1.54) is 0 Å². The molecular weight excluding hydrogens is 301 g/mol. The first kappa shape index (κ1) is 18.7. The van der Waals surface area contributed by atoms with Crippen LogP contribution in [0.2, 0.25) is 5.02 Å². The molecule has 4 N–H and O–H groups in total. The van der Waals surface area contributed by atoms with Gasteiger partial charge in [0.15, 0.2) is 0 Å². The minimum atomic E-state index is -0.571. The van der Waals surface area contributed by atoms with Crippen molar-refractivity contribution in [2.75, 3.05) is 11.9 Å². The highest BCUT2D eigenvalue weighted by Gasteiger charge is 2.09. The summed E-state index contributed by atoms with van der Waals surface area (Å²) in [5.74, 6) is -0.456. The van der Waals surface area contributed by atoms with Crippen LogP contribution in [-0.2, 0) is 9.59 Å². The van der Waals surface area contributed by atoms with E-state index in [4.69, 9.17) is 17.3 Å². The number of rotatable bonds is 5. The SMILES string of the molecule is Cc1c(Cl)cccc1NC(=O)CCNC(=O)[C@@H](C)N.Cl. The molecule has 1 rings (SSSR count). The van der Waals surface area contributed by atoms with E-state index in [0.717, 1.165) is 5.56 Å². The molecule has 0 spiro atoms. The number of anilines is 1. The zero-order valence-corrected chi connectivity index (χ0v) is 13.0. The molecule has 5 nitrogen and oxygen atoms in total. The van der Waals surface area contributed by atoms with Crippen LogP contribution in [-0.4, -0.2) is 24.4 Å². The van der Waals surface area contributed by atoms with Crippen molar-refractivity contribution in [3.8, 4) is 0 Å². The Kier molecular flexibility index (Phi) is 8.22. The second kappa shape index (κ2) is 8.79. The lowest BCUT2D eigenvalue weighted by molar-refractivity contribution is -0.122. The Morgan fingerprint density at radius 1 is 1.40 bits per heavy atom. The lowest BCUT2D eigenvalue weighted by Gasteiger charge is -2.10. The number of halogens is 2. The largest absolute Gasteiger partial charge is 0.354 e. The average molecular weight is 320 g/mol. The van der Waals surface area contributed by atoms with Crippen LogP contribution in [0.25, 0.3) is 0 Å². The predicted octanol–water partition coefficient (Wildman–Crippen LogP) is 1.86. The third-order valence-corrected chi connectivity index (χ3v) is 3.02. The lowest BCUT2D eigenvalue weighted by Crippen LogP contribution is -2.39. The van der Waals surface area contributed by atoms with Gasteiger partial charge in [0.05, 0.1) is 6.04 Å². The van der Waals surface area contributed by atoms with Crippen LogP contribution in [0.1, 0.15) is 18.9 Å². The van der Waals surface area contributed by atoms with Gasteiger partial charge in [-0.25, -0.2) is 0 Å². The summed E-state index contributed by atoms with van der Waals surface area (Å²) in [6.45, 7) is 3.67. The van der Waals surface area contributed by atoms with Gasteiger partial charge < -0.3 is 16.4 Å². The third kappa shape index (κ3) is 5.77. The second-order valence-electron chi connectivity index (χ2n) is 4.29. The van der Waals surface area contributed by atoms with Crippen LogP contribution < -0.4 is 16.4 Å². The van der Waals surface area contributed by atoms with Crippen LogP contribution >= 0.6 is 24.0 Å². The van der Waals surface area contributed by atoms with Crippen molar-refractivity contribution in [1.82, 2.24) is 5.32 Å². The van der Waals surface area contributed by atoms with E-state index >= 15 is 0 Å². The van der Waals surface area contributed by atoms with E-state index in [9.17, 15) is 9.59 Å². The van der Waals surface area contributed by atoms with Crippen molar-refractivity contribution < 1.29 is 9.59 Å². The highest BCUT2D eigenvalue weighted by Crippen LogP contribution is 2.22. The molecule has 0 aliphatic heterocycles. The van der Waals surface area contributed by atoms with E-state index in [-0.39, 0.29) is 37.2 Å². The van der Waals surface area contributed by atoms with E-state index in [1.807, 2.05) is 6.92 Å². The van der Waals surface area contributed by atoms with Crippen LogP contribution in [0.4, 0.5) is 5.69 Å². The molecular formula is C13H19Cl2N3O2. The molecule has 0 unspecified atom stereocenters. The summed E-state index contributed by atoms with van der Waals surface area (Å²) in [5.41, 5.74) is 6.88. The molecule has 1 atom stereocenters. The second-order valence-corrected chi connectivity index (χ2v) is 4.70. The molecule has 0 saturated heterocycles. The van der Waals surface area contributed by atoms with Gasteiger partial charge in [-0.3, -0.25) is 9.59 Å². The van der Waals surface area contributed by atoms with Gasteiger partial charge in [0.2, 0.25) is 11.8 Å². The van der Waals surface area contributed by atoms with Gasteiger partial charge in [-0.05, 0) is 31.5 Å². The van der Waals surface area contributed by atoms with Crippen LogP contribution in [0, 0.1) is 6.92 Å². The average Bonchev–Trinajstić information content (AvgIpc) is 2.34. The molecule has 1 aromatic carbocycles. The summed E-state index contributed by atoms with van der Waals surface area (Å²) < 4.78 is 0. The molecule has 1 aromatic rings. The minimum absolute atomic E-state index is 0. The molecule has 0 heterocycles. The standard InChI is InChI=1S/C13H18ClN3O2.ClH/c1-8-10(14)4-3-5-11(8)17-12(18)6-7-16-13(19)9(2)15;/h3-5,9H,6-7,15H2,1-2H3,(H,16,19)(H,17,18);1H/t9-;/m1./s1. The van der Waals surface area contributed by atoms with E-state index < -0.39 is 6.04 Å². The van der Waals surface area contributed by atoms with Gasteiger partial charge in [0.25, 0.3) is 0 Å². The predicted molar refractivity (Wildman–Crippen MR) is 83.3 cm³/mol. The zero-order chi connectivity index (χ0) is 14.4. The molecule has 0 bridgehead atoms. The van der Waals surface area contributed by atoms with Gasteiger partial charge in [-0.2, -0.15) is 0 Å². The maximum Gasteiger partial charge on any atom is 0.236 e. The Balaban J connectivity index is 0.00000361. The maximum absolute atomic E-state index is 11.7. The fraction of sp³-hybridized carbons (Fsp3) is 0.385. The van der Waals surface area contributed by atoms with Crippen LogP contribution in [0.3, 0.4) is 0 Å². The van der Waals surface area contributed by atoms with Crippen molar-refractivity contribution in [1.29, 1.82) is 0 Å². The van der Waals surface area contributed by atoms with Crippen molar-refractivity contribution in [2.24, 2.45) is 5.73 Å². The molecule has 2 amide bonds. The fourth-order valence-electron chi connectivity index (χ4n) is 1.42. The minimum Gasteiger partial charge on any atom is -0.354 e. The Labute approximate surface area is 129 Å². The number of carbonyl (C=O) groups excluding carboxylic acids is 2. The number of hydrogen-bond acceptors (Lipinski definition) is 3. The summed E-state index contributed by atoms with van der Waals surface area (Å²) in [6, 6.07) is 4.73. The summed E-state index contributed by atoms with van der Waals surface area (Å²) in [6.07, 6.45) is 0.185. The molecule has 112 valence electrons. The monoisotopic (exact) mass is 319 g/mol. The van der Waals surface area contributed by atoms with E-state index in [1.54, 1.807) is 25.1 Å². The quantitative estimate of drug-likeness (QED) is 0.774. The number of benzene rings is 1. The van der Waals surface area contributed by atoms with Crippen molar-refractivity contribution in [2.45, 2.75) is 26.3 Å². The normalized spacial score (nSPS) is 11.2. The van der Waals surface area contributed by atoms with Crippen LogP contribution in [0.5, 0.6) is 0 Å². The van der Waals surface area contributed by atoms with Gasteiger partial charge in [-0.1, -0.05) is 17.7 Å². The number of carbonyl (C=O) groups is 2. The lowest BCUT2D eigenvalue weighted by atomic mass is 10.2. The Hall–Kier alpha value is -1.30. The van der Waals surface area contributed by atoms with Crippen molar-refractivity contribution in [3.63, 3.8) is 0 Å². The molecule has 0 aliphatic carbocycles. The molecule has 0 aromatic heterocycles. The van der Waals surface area contributed by atoms with Crippen LogP contribution in [0.15, 0.2) is 18.2 Å². The number of amides is 2. The molecule has 0 saturated carbocycles. The topological polar surface area (TPSA) is 84.2 Å². The Bertz CT molecular complexity index is 479. The molecule has 0 fully saturated rings. The zero-order valence-electron chi connectivity index (χ0n) is 11.4. The highest BCUT2D eigenvalue weighted by molar-refractivity contribution is 6.31. The Morgan fingerprint density at radius 3 is 2.65 bits per heavy atom. The summed E-state index contributed by atoms with van der Waals surface area (Å²) in [5, 5.41) is 5.92. The highest BCUT2D eigenvalue weighted by atomic mass is 35.5. The number of nitrogens with two attached hydrogens (primary N) is 1. The van der Waals surface area contributed by atoms with Crippen molar-refractivity contribution in [3.05, 3.63) is 28.8 Å². The smallest absolute Gasteiger partial charge is 0.236 e. The van der Waals surface area contributed by atoms with Gasteiger partial charge in [0, 0.05) is 23.7 Å². The van der Waals surface area contributed by atoms with E-state index in [2.05, 4.69) is 10.6 Å². The maximum atomic E-state index is 11.7. The molecule has 20 heavy (non-hydrogen) atoms. The molecule has 0 radical (unpaired) electrons. The van der Waals surface area contributed by atoms with Crippen molar-refractivity contribution >= 4 is 41.5 Å². The third-order valence-electron chi connectivity index (χ3n) is 2.61. The summed E-state index contributed by atoms with van der Waals surface area (Å²) >= 11 is 5.96. The first-order valence-electron chi connectivity index (χ1n) is 6.00. The van der Waals surface area contributed by atoms with Gasteiger partial charge in [0.1, 0.15) is 0 Å². The number of hydrogen-bond donors (Lipinski definition) is 3. The summed E-state index contributed by atoms with van der Waals surface area (Å²) in [4.78, 5) is 22.9. The summed E-state index contributed by atoms with van der Waals surface area (Å²) in [7, 11) is 0. The van der Waals surface area contributed by atoms with Gasteiger partial charge >= 0.3 is 0 Å². The van der Waals surface area contributed by atoms with Gasteiger partial charge in [-0.15, -0.1) is 12.4 Å². The molecule has 0 aliphatic rings. The molecule has 7 heteroatoms. The fourth-order valence-corrected chi connectivity index (χ4v) is 1.59.